The van der Waals surface area contributed by atoms with Crippen molar-refractivity contribution in [2.24, 2.45) is 5.92 Å². The van der Waals surface area contributed by atoms with Crippen molar-refractivity contribution in [3.8, 4) is 0 Å². The summed E-state index contributed by atoms with van der Waals surface area (Å²) in [5, 5.41) is 11.0. The van der Waals surface area contributed by atoms with Crippen molar-refractivity contribution < 1.29 is 9.90 Å². The van der Waals surface area contributed by atoms with Gasteiger partial charge in [0.2, 0.25) is 0 Å². The number of H-pyrrole nitrogens is 1. The average molecular weight is 342 g/mol. The van der Waals surface area contributed by atoms with E-state index in [0.717, 1.165) is 36.4 Å². The number of carbonyl (C=O) groups excluding carboxylic acids is 1. The van der Waals surface area contributed by atoms with Gasteiger partial charge in [-0.05, 0) is 50.8 Å². The maximum Gasteiger partial charge on any atom is 0.255 e. The van der Waals surface area contributed by atoms with E-state index in [1.165, 1.54) is 12.8 Å². The minimum absolute atomic E-state index is 0.0953. The Balaban J connectivity index is 1.41. The number of nitrogens with zero attached hydrogens (tertiary/aromatic N) is 3. The number of fused-ring (bicyclic) bond motifs is 1. The summed E-state index contributed by atoms with van der Waals surface area (Å²) >= 11 is 0. The lowest BCUT2D eigenvalue weighted by Crippen LogP contribution is -2.58. The smallest absolute Gasteiger partial charge is 0.255 e. The van der Waals surface area contributed by atoms with Crippen molar-refractivity contribution in [1.29, 1.82) is 0 Å². The van der Waals surface area contributed by atoms with Gasteiger partial charge in [-0.2, -0.15) is 0 Å². The van der Waals surface area contributed by atoms with Crippen LogP contribution in [0.25, 0.3) is 11.0 Å². The molecule has 6 nitrogen and oxygen atoms in total. The fraction of sp³-hybridized carbons (Fsp3) is 0.579. The van der Waals surface area contributed by atoms with Crippen molar-refractivity contribution >= 4 is 16.9 Å². The number of piperidine rings is 1. The third kappa shape index (κ3) is 3.55. The molecule has 2 aliphatic rings. The van der Waals surface area contributed by atoms with Crippen LogP contribution in [0.2, 0.25) is 0 Å². The second kappa shape index (κ2) is 6.42. The molecule has 1 atom stereocenters. The van der Waals surface area contributed by atoms with Gasteiger partial charge in [-0.1, -0.05) is 12.1 Å². The number of likely N-dealkylation sites (tertiary alicyclic amines) is 1. The van der Waals surface area contributed by atoms with Crippen molar-refractivity contribution in [2.45, 2.75) is 37.8 Å². The van der Waals surface area contributed by atoms with Gasteiger partial charge in [-0.25, -0.2) is 4.98 Å². The number of para-hydroxylation sites is 2. The molecule has 2 heterocycles. The first kappa shape index (κ1) is 16.5. The molecule has 1 aromatic carbocycles. The summed E-state index contributed by atoms with van der Waals surface area (Å²) < 4.78 is 0. The van der Waals surface area contributed by atoms with E-state index >= 15 is 0 Å². The number of hydrogen-bond acceptors (Lipinski definition) is 4. The van der Waals surface area contributed by atoms with E-state index in [9.17, 15) is 9.90 Å². The summed E-state index contributed by atoms with van der Waals surface area (Å²) in [6.45, 7) is 2.51. The van der Waals surface area contributed by atoms with Gasteiger partial charge < -0.3 is 15.0 Å². The number of likely N-dealkylation sites (N-methyl/N-ethyl adjacent to an activating group) is 1. The van der Waals surface area contributed by atoms with Gasteiger partial charge in [0.1, 0.15) is 5.82 Å². The van der Waals surface area contributed by atoms with Gasteiger partial charge in [-0.15, -0.1) is 0 Å². The van der Waals surface area contributed by atoms with Crippen LogP contribution in [0.1, 0.15) is 31.5 Å². The Morgan fingerprint density at radius 2 is 2.20 bits per heavy atom. The van der Waals surface area contributed by atoms with Crippen molar-refractivity contribution in [2.75, 3.05) is 26.7 Å². The van der Waals surface area contributed by atoms with E-state index in [2.05, 4.69) is 9.97 Å². The Morgan fingerprint density at radius 3 is 2.96 bits per heavy atom. The summed E-state index contributed by atoms with van der Waals surface area (Å²) in [5.74, 6) is 1.41. The quantitative estimate of drug-likeness (QED) is 0.839. The van der Waals surface area contributed by atoms with E-state index in [-0.39, 0.29) is 5.91 Å². The molecule has 2 N–H and O–H groups in total. The van der Waals surface area contributed by atoms with E-state index in [0.29, 0.717) is 25.4 Å². The summed E-state index contributed by atoms with van der Waals surface area (Å²) in [6, 6.07) is 7.92. The van der Waals surface area contributed by atoms with Gasteiger partial charge >= 0.3 is 0 Å². The normalized spacial score (nSPS) is 24.4. The monoisotopic (exact) mass is 342 g/mol. The van der Waals surface area contributed by atoms with Crippen LogP contribution in [0.15, 0.2) is 24.3 Å². The molecule has 1 saturated carbocycles. The Morgan fingerprint density at radius 1 is 1.40 bits per heavy atom. The van der Waals surface area contributed by atoms with Crippen LogP contribution >= 0.6 is 0 Å². The third-order valence-corrected chi connectivity index (χ3v) is 5.27. The highest BCUT2D eigenvalue weighted by atomic mass is 16.3. The zero-order valence-electron chi connectivity index (χ0n) is 14.7. The average Bonchev–Trinajstić information content (AvgIpc) is 3.29. The summed E-state index contributed by atoms with van der Waals surface area (Å²) in [6.07, 6.45) is 3.84. The molecule has 1 unspecified atom stereocenters. The molecule has 1 aromatic heterocycles. The van der Waals surface area contributed by atoms with Gasteiger partial charge in [-0.3, -0.25) is 9.69 Å². The molecular weight excluding hydrogens is 316 g/mol. The number of carbonyl (C=O) groups is 1. The molecule has 2 aromatic rings. The number of aromatic nitrogens is 2. The molecule has 1 saturated heterocycles. The summed E-state index contributed by atoms with van der Waals surface area (Å²) in [7, 11) is 1.93. The number of amides is 1. The van der Waals surface area contributed by atoms with Crippen LogP contribution in [0.3, 0.4) is 0 Å². The lowest BCUT2D eigenvalue weighted by molar-refractivity contribution is -0.159. The molecule has 1 aliphatic carbocycles. The largest absolute Gasteiger partial charge is 0.379 e. The maximum absolute atomic E-state index is 12.8. The third-order valence-electron chi connectivity index (χ3n) is 5.27. The first-order valence-corrected chi connectivity index (χ1v) is 9.17. The van der Waals surface area contributed by atoms with Crippen LogP contribution in [-0.2, 0) is 11.3 Å². The standard InChI is InChI=1S/C19H26N4O2/c1-22(12-17-20-15-5-2-3-6-16(15)21-17)13-19(25)9-4-10-23(18(19)24)11-14-7-8-14/h2-3,5-6,14,25H,4,7-13H2,1H3,(H,20,21). The number of aliphatic hydroxyl groups is 1. The van der Waals surface area contributed by atoms with Gasteiger partial charge in [0.25, 0.3) is 5.91 Å². The van der Waals surface area contributed by atoms with Crippen LogP contribution < -0.4 is 0 Å². The number of hydrogen-bond donors (Lipinski definition) is 2. The summed E-state index contributed by atoms with van der Waals surface area (Å²) in [4.78, 5) is 24.5. The molecule has 1 amide bonds. The van der Waals surface area contributed by atoms with Gasteiger partial charge in [0, 0.05) is 19.6 Å². The first-order chi connectivity index (χ1) is 12.0. The minimum atomic E-state index is -1.27. The highest BCUT2D eigenvalue weighted by Gasteiger charge is 2.44. The van der Waals surface area contributed by atoms with E-state index in [1.54, 1.807) is 0 Å². The fourth-order valence-corrected chi connectivity index (χ4v) is 3.84. The Labute approximate surface area is 147 Å². The predicted octanol–water partition coefficient (Wildman–Crippen LogP) is 1.76. The molecule has 1 aliphatic heterocycles. The Hall–Kier alpha value is -1.92. The molecule has 0 bridgehead atoms. The highest BCUT2D eigenvalue weighted by molar-refractivity contribution is 5.86. The second-order valence-corrected chi connectivity index (χ2v) is 7.70. The number of nitrogens with one attached hydrogen (secondary N) is 1. The Bertz CT molecular complexity index is 737. The Kier molecular flexibility index (Phi) is 4.25. The molecule has 134 valence electrons. The van der Waals surface area contributed by atoms with Gasteiger partial charge in [0.15, 0.2) is 5.60 Å². The molecule has 4 rings (SSSR count). The SMILES string of the molecule is CN(Cc1nc2ccccc2[nH]1)CC1(O)CCCN(CC2CC2)C1=O. The van der Waals surface area contributed by atoms with Crippen molar-refractivity contribution in [1.82, 2.24) is 19.8 Å². The molecule has 6 heteroatoms. The van der Waals surface area contributed by atoms with Crippen LogP contribution in [-0.4, -0.2) is 63.1 Å². The number of imidazole rings is 1. The molecular formula is C19H26N4O2. The minimum Gasteiger partial charge on any atom is -0.379 e. The lowest BCUT2D eigenvalue weighted by Gasteiger charge is -2.40. The second-order valence-electron chi connectivity index (χ2n) is 7.70. The fourth-order valence-electron chi connectivity index (χ4n) is 3.84. The highest BCUT2D eigenvalue weighted by Crippen LogP contribution is 2.32. The van der Waals surface area contributed by atoms with Crippen LogP contribution in [0.5, 0.6) is 0 Å². The van der Waals surface area contributed by atoms with Crippen molar-refractivity contribution in [3.05, 3.63) is 30.1 Å². The molecule has 0 radical (unpaired) electrons. The van der Waals surface area contributed by atoms with E-state index in [4.69, 9.17) is 0 Å². The summed E-state index contributed by atoms with van der Waals surface area (Å²) in [5.41, 5.74) is 0.677. The topological polar surface area (TPSA) is 72.5 Å². The molecule has 2 fully saturated rings. The zero-order valence-corrected chi connectivity index (χ0v) is 14.7. The van der Waals surface area contributed by atoms with E-state index < -0.39 is 5.60 Å². The number of benzene rings is 1. The maximum atomic E-state index is 12.8. The first-order valence-electron chi connectivity index (χ1n) is 9.17. The van der Waals surface area contributed by atoms with Crippen molar-refractivity contribution in [3.63, 3.8) is 0 Å². The van der Waals surface area contributed by atoms with Gasteiger partial charge in [0.05, 0.1) is 17.6 Å². The molecule has 25 heavy (non-hydrogen) atoms. The van der Waals surface area contributed by atoms with Crippen LogP contribution in [0, 0.1) is 5.92 Å². The predicted molar refractivity (Wildman–Crippen MR) is 95.9 cm³/mol. The van der Waals surface area contributed by atoms with E-state index in [1.807, 2.05) is 41.1 Å². The lowest BCUT2D eigenvalue weighted by atomic mass is 9.91. The van der Waals surface area contributed by atoms with Crippen LogP contribution in [0.4, 0.5) is 0 Å². The zero-order chi connectivity index (χ0) is 17.4. The molecule has 0 spiro atoms. The number of rotatable bonds is 6. The number of aromatic amines is 1.